The molecule has 0 saturated carbocycles. The highest BCUT2D eigenvalue weighted by Crippen LogP contribution is 2.33. The highest BCUT2D eigenvalue weighted by molar-refractivity contribution is 6.27. The first-order valence-electron chi connectivity index (χ1n) is 10.7. The Morgan fingerprint density at radius 1 is 0.743 bits per heavy atom. The van der Waals surface area contributed by atoms with Crippen molar-refractivity contribution >= 4 is 17.8 Å². The van der Waals surface area contributed by atoms with Gasteiger partial charge in [0.15, 0.2) is 23.0 Å². The highest BCUT2D eigenvalue weighted by Gasteiger charge is 2.26. The molecule has 11 heteroatoms. The summed E-state index contributed by atoms with van der Waals surface area (Å²) in [5, 5.41) is 14.8. The van der Waals surface area contributed by atoms with Crippen molar-refractivity contribution in [2.75, 3.05) is 54.6 Å². The molecule has 190 valence electrons. The maximum atomic E-state index is 13.0. The molecule has 0 aliphatic carbocycles. The zero-order valence-electron chi connectivity index (χ0n) is 20.1. The van der Waals surface area contributed by atoms with Crippen molar-refractivity contribution in [3.63, 3.8) is 0 Å². The first kappa shape index (κ1) is 27.3. The first-order valence-corrected chi connectivity index (χ1v) is 10.7. The van der Waals surface area contributed by atoms with Crippen molar-refractivity contribution in [2.24, 2.45) is 0 Å². The monoisotopic (exact) mass is 490 g/mol. The Bertz CT molecular complexity index is 1020. The maximum Gasteiger partial charge on any atom is 0.414 e. The molecule has 2 aromatic carbocycles. The number of carbonyl (C=O) groups is 3. The number of carboxylic acid groups (broad SMARTS) is 2. The summed E-state index contributed by atoms with van der Waals surface area (Å²) in [6, 6.07) is 11.3. The van der Waals surface area contributed by atoms with Crippen molar-refractivity contribution in [1.82, 2.24) is 9.80 Å². The number of hydrogen-bond donors (Lipinski definition) is 2. The third-order valence-electron chi connectivity index (χ3n) is 5.35. The van der Waals surface area contributed by atoms with E-state index in [1.165, 1.54) is 0 Å². The minimum Gasteiger partial charge on any atom is -0.493 e. The summed E-state index contributed by atoms with van der Waals surface area (Å²) in [7, 11) is 6.41. The van der Waals surface area contributed by atoms with Crippen LogP contribution in [-0.2, 0) is 16.1 Å². The number of carbonyl (C=O) groups excluding carboxylic acids is 1. The van der Waals surface area contributed by atoms with Crippen molar-refractivity contribution in [1.29, 1.82) is 0 Å². The van der Waals surface area contributed by atoms with Gasteiger partial charge in [-0.2, -0.15) is 0 Å². The van der Waals surface area contributed by atoms with Gasteiger partial charge in [0.1, 0.15) is 0 Å². The van der Waals surface area contributed by atoms with E-state index in [2.05, 4.69) is 4.90 Å². The van der Waals surface area contributed by atoms with Crippen molar-refractivity contribution < 1.29 is 43.5 Å². The van der Waals surface area contributed by atoms with E-state index in [1.807, 2.05) is 23.1 Å². The number of carboxylic acids is 2. The second-order valence-electron chi connectivity index (χ2n) is 7.37. The zero-order chi connectivity index (χ0) is 26.0. The molecule has 11 nitrogen and oxygen atoms in total. The summed E-state index contributed by atoms with van der Waals surface area (Å²) in [6.07, 6.45) is 0. The largest absolute Gasteiger partial charge is 0.493 e. The number of aliphatic carboxylic acids is 2. The molecule has 0 spiro atoms. The summed E-state index contributed by atoms with van der Waals surface area (Å²) in [5.74, 6) is -1.17. The van der Waals surface area contributed by atoms with Gasteiger partial charge in [-0.1, -0.05) is 18.2 Å². The topological polar surface area (TPSA) is 135 Å². The van der Waals surface area contributed by atoms with Gasteiger partial charge in [0.25, 0.3) is 5.91 Å². The van der Waals surface area contributed by atoms with E-state index in [0.29, 0.717) is 30.2 Å². The fourth-order valence-electron chi connectivity index (χ4n) is 3.65. The number of ether oxygens (including phenoxy) is 4. The molecule has 1 amide bonds. The first-order chi connectivity index (χ1) is 16.8. The molecule has 0 atom stereocenters. The van der Waals surface area contributed by atoms with Gasteiger partial charge in [0.05, 0.1) is 34.0 Å². The van der Waals surface area contributed by atoms with E-state index in [0.717, 1.165) is 36.7 Å². The molecular formula is C24H30N2O9. The molecule has 35 heavy (non-hydrogen) atoms. The predicted molar refractivity (Wildman–Crippen MR) is 126 cm³/mol. The smallest absolute Gasteiger partial charge is 0.414 e. The third-order valence-corrected chi connectivity index (χ3v) is 5.35. The Morgan fingerprint density at radius 3 is 1.74 bits per heavy atom. The van der Waals surface area contributed by atoms with Crippen LogP contribution in [0.1, 0.15) is 15.9 Å². The van der Waals surface area contributed by atoms with Crippen LogP contribution in [0.15, 0.2) is 36.4 Å². The molecule has 0 radical (unpaired) electrons. The maximum absolute atomic E-state index is 13.0. The Balaban J connectivity index is 0.000000641. The number of rotatable bonds is 7. The number of nitrogens with zero attached hydrogens (tertiary/aromatic N) is 2. The van der Waals surface area contributed by atoms with Crippen LogP contribution in [0.25, 0.3) is 0 Å². The second kappa shape index (κ2) is 13.0. The van der Waals surface area contributed by atoms with E-state index in [1.54, 1.807) is 46.6 Å². The molecule has 1 aliphatic heterocycles. The Morgan fingerprint density at radius 2 is 1.26 bits per heavy atom. The molecule has 0 aromatic heterocycles. The van der Waals surface area contributed by atoms with Crippen LogP contribution >= 0.6 is 0 Å². The van der Waals surface area contributed by atoms with E-state index < -0.39 is 11.9 Å². The summed E-state index contributed by atoms with van der Waals surface area (Å²) >= 11 is 0. The quantitative estimate of drug-likeness (QED) is 0.554. The molecule has 1 aliphatic rings. The third kappa shape index (κ3) is 7.00. The van der Waals surface area contributed by atoms with Gasteiger partial charge >= 0.3 is 11.9 Å². The van der Waals surface area contributed by atoms with E-state index in [4.69, 9.17) is 38.7 Å². The summed E-state index contributed by atoms with van der Waals surface area (Å²) in [5.41, 5.74) is 1.59. The number of amides is 1. The lowest BCUT2D eigenvalue weighted by Crippen LogP contribution is -2.48. The number of methoxy groups -OCH3 is 4. The molecule has 1 heterocycles. The lowest BCUT2D eigenvalue weighted by Gasteiger charge is -2.35. The average molecular weight is 491 g/mol. The van der Waals surface area contributed by atoms with Gasteiger partial charge in [-0.05, 0) is 18.2 Å². The van der Waals surface area contributed by atoms with Crippen LogP contribution in [0.3, 0.4) is 0 Å². The van der Waals surface area contributed by atoms with Crippen molar-refractivity contribution in [3.8, 4) is 23.0 Å². The van der Waals surface area contributed by atoms with Crippen molar-refractivity contribution in [2.45, 2.75) is 6.54 Å². The zero-order valence-corrected chi connectivity index (χ0v) is 20.1. The van der Waals surface area contributed by atoms with Crippen LogP contribution in [0.4, 0.5) is 0 Å². The van der Waals surface area contributed by atoms with Crippen LogP contribution in [0, 0.1) is 0 Å². The van der Waals surface area contributed by atoms with E-state index in [9.17, 15) is 4.79 Å². The van der Waals surface area contributed by atoms with Gasteiger partial charge in [0.2, 0.25) is 0 Å². The molecule has 1 fully saturated rings. The number of para-hydroxylation sites is 2. The molecule has 1 saturated heterocycles. The summed E-state index contributed by atoms with van der Waals surface area (Å²) in [4.78, 5) is 35.4. The Hall–Kier alpha value is -3.99. The molecule has 2 aromatic rings. The normalized spacial score (nSPS) is 13.2. The fraction of sp³-hybridized carbons (Fsp3) is 0.375. The van der Waals surface area contributed by atoms with Gasteiger partial charge in [0, 0.05) is 38.3 Å². The molecule has 2 N–H and O–H groups in total. The minimum atomic E-state index is -1.82. The van der Waals surface area contributed by atoms with Gasteiger partial charge in [-0.3, -0.25) is 9.69 Å². The second-order valence-corrected chi connectivity index (χ2v) is 7.37. The molecule has 3 rings (SSSR count). The fourth-order valence-corrected chi connectivity index (χ4v) is 3.65. The average Bonchev–Trinajstić information content (AvgIpc) is 2.88. The van der Waals surface area contributed by atoms with Crippen molar-refractivity contribution in [3.05, 3.63) is 47.5 Å². The SMILES string of the molecule is COc1cccc(CN2CCN(C(=O)c3cccc(OC)c3OC)CC2)c1OC.O=C(O)C(=O)O. The number of hydrogen-bond acceptors (Lipinski definition) is 8. The standard InChI is InChI=1S/C22H28N2O5.C2H2O4/c1-26-18-9-5-7-16(20(18)28-3)15-23-11-13-24(14-12-23)22(25)17-8-6-10-19(27-2)21(17)29-4;3-1(4)2(5)6/h5-10H,11-15H2,1-4H3;(H,3,4)(H,5,6). The minimum absolute atomic E-state index is 0.0423. The Kier molecular flexibility index (Phi) is 10.2. The Labute approximate surface area is 203 Å². The highest BCUT2D eigenvalue weighted by atomic mass is 16.5. The molecule has 0 bridgehead atoms. The lowest BCUT2D eigenvalue weighted by atomic mass is 10.1. The van der Waals surface area contributed by atoms with E-state index in [-0.39, 0.29) is 5.91 Å². The van der Waals surface area contributed by atoms with Crippen LogP contribution in [0.2, 0.25) is 0 Å². The van der Waals surface area contributed by atoms with E-state index >= 15 is 0 Å². The van der Waals surface area contributed by atoms with Crippen LogP contribution in [-0.4, -0.2) is 92.5 Å². The lowest BCUT2D eigenvalue weighted by molar-refractivity contribution is -0.159. The predicted octanol–water partition coefficient (Wildman–Crippen LogP) is 1.83. The summed E-state index contributed by atoms with van der Waals surface area (Å²) in [6.45, 7) is 3.58. The van der Waals surface area contributed by atoms with Gasteiger partial charge in [-0.25, -0.2) is 9.59 Å². The number of piperazine rings is 1. The van der Waals surface area contributed by atoms with Gasteiger partial charge in [-0.15, -0.1) is 0 Å². The van der Waals surface area contributed by atoms with Gasteiger partial charge < -0.3 is 34.1 Å². The number of benzene rings is 2. The summed E-state index contributed by atoms with van der Waals surface area (Å²) < 4.78 is 21.6. The molecular weight excluding hydrogens is 460 g/mol. The van der Waals surface area contributed by atoms with Crippen LogP contribution < -0.4 is 18.9 Å². The van der Waals surface area contributed by atoms with Crippen LogP contribution in [0.5, 0.6) is 23.0 Å². The molecule has 0 unspecified atom stereocenters.